The number of aromatic hydroxyl groups is 1. The van der Waals surface area contributed by atoms with E-state index < -0.39 is 12.6 Å². The minimum Gasteiger partial charge on any atom is -0.507 e. The minimum absolute atomic E-state index is 0.118. The van der Waals surface area contributed by atoms with E-state index in [1.165, 1.54) is 19.1 Å². The molecule has 0 spiro atoms. The van der Waals surface area contributed by atoms with Crippen molar-refractivity contribution in [3.63, 3.8) is 0 Å². The first-order valence-electron chi connectivity index (χ1n) is 5.67. The van der Waals surface area contributed by atoms with Gasteiger partial charge in [-0.15, -0.1) is 0 Å². The van der Waals surface area contributed by atoms with Crippen LogP contribution in [0, 0.1) is 0 Å². The van der Waals surface area contributed by atoms with Gasteiger partial charge in [0.1, 0.15) is 11.5 Å². The van der Waals surface area contributed by atoms with Crippen molar-refractivity contribution in [1.29, 1.82) is 0 Å². The molecule has 0 bridgehead atoms. The number of ketones is 1. The van der Waals surface area contributed by atoms with Crippen LogP contribution in [0.5, 0.6) is 11.5 Å². The zero-order valence-corrected chi connectivity index (χ0v) is 10.4. The smallest absolute Gasteiger partial charge is 0.341 e. The average molecular weight is 252 g/mol. The van der Waals surface area contributed by atoms with E-state index in [2.05, 4.69) is 0 Å². The van der Waals surface area contributed by atoms with Crippen LogP contribution in [0.3, 0.4) is 0 Å². The Bertz CT molecular complexity index is 465. The first kappa shape index (κ1) is 14.0. The molecule has 5 nitrogen and oxygen atoms in total. The molecule has 0 saturated heterocycles. The summed E-state index contributed by atoms with van der Waals surface area (Å²) in [4.78, 5) is 21.8. The molecule has 0 atom stereocenters. The molecular weight excluding hydrogens is 236 g/mol. The van der Waals surface area contributed by atoms with Gasteiger partial charge in [0, 0.05) is 5.56 Å². The quantitative estimate of drug-likeness (QED) is 0.756. The lowest BCUT2D eigenvalue weighted by atomic mass is 10.0. The van der Waals surface area contributed by atoms with Gasteiger partial charge in [0.2, 0.25) is 0 Å². The summed E-state index contributed by atoms with van der Waals surface area (Å²) in [6.45, 7) is 2.80. The van der Waals surface area contributed by atoms with Crippen molar-refractivity contribution < 1.29 is 24.5 Å². The Morgan fingerprint density at radius 2 is 2.00 bits per heavy atom. The third-order valence-electron chi connectivity index (χ3n) is 2.47. The van der Waals surface area contributed by atoms with E-state index in [4.69, 9.17) is 9.84 Å². The van der Waals surface area contributed by atoms with Crippen molar-refractivity contribution in [2.75, 3.05) is 6.61 Å². The van der Waals surface area contributed by atoms with Gasteiger partial charge in [0.25, 0.3) is 0 Å². The molecular formula is C13H16O5. The van der Waals surface area contributed by atoms with Crippen LogP contribution >= 0.6 is 0 Å². The maximum absolute atomic E-state index is 11.3. The molecule has 0 aliphatic heterocycles. The molecule has 2 N–H and O–H groups in total. The summed E-state index contributed by atoms with van der Waals surface area (Å²) in [5, 5.41) is 18.6. The zero-order chi connectivity index (χ0) is 13.7. The Labute approximate surface area is 105 Å². The highest BCUT2D eigenvalue weighted by molar-refractivity contribution is 5.97. The summed E-state index contributed by atoms with van der Waals surface area (Å²) in [7, 11) is 0. The number of hydrogen-bond acceptors (Lipinski definition) is 4. The standard InChI is InChI=1S/C13H16O5/c1-3-4-10-11(18-7-12(15)16)6-5-9(8(2)14)13(10)17/h5-6,17H,3-4,7H2,1-2H3,(H,15,16). The molecule has 1 aromatic carbocycles. The topological polar surface area (TPSA) is 83.8 Å². The van der Waals surface area contributed by atoms with E-state index >= 15 is 0 Å². The van der Waals surface area contributed by atoms with E-state index in [1.807, 2.05) is 6.92 Å². The van der Waals surface area contributed by atoms with Gasteiger partial charge in [-0.1, -0.05) is 13.3 Å². The van der Waals surface area contributed by atoms with Crippen LogP contribution < -0.4 is 4.74 Å². The second-order valence-corrected chi connectivity index (χ2v) is 3.93. The highest BCUT2D eigenvalue weighted by Gasteiger charge is 2.16. The number of phenolic OH excluding ortho intramolecular Hbond substituents is 1. The molecule has 1 rings (SSSR count). The Hall–Kier alpha value is -2.04. The van der Waals surface area contributed by atoms with Gasteiger partial charge >= 0.3 is 5.97 Å². The van der Waals surface area contributed by atoms with Gasteiger partial charge in [0.05, 0.1) is 5.56 Å². The lowest BCUT2D eigenvalue weighted by Gasteiger charge is -2.13. The molecule has 0 saturated carbocycles. The van der Waals surface area contributed by atoms with Crippen LogP contribution in [0.2, 0.25) is 0 Å². The third kappa shape index (κ3) is 3.23. The van der Waals surface area contributed by atoms with Gasteiger partial charge in [-0.2, -0.15) is 0 Å². The Morgan fingerprint density at radius 3 is 2.50 bits per heavy atom. The molecule has 5 heteroatoms. The van der Waals surface area contributed by atoms with E-state index in [9.17, 15) is 14.7 Å². The monoisotopic (exact) mass is 252 g/mol. The minimum atomic E-state index is -1.09. The SMILES string of the molecule is CCCc1c(OCC(=O)O)ccc(C(C)=O)c1O. The summed E-state index contributed by atoms with van der Waals surface area (Å²) >= 11 is 0. The second kappa shape index (κ2) is 6.05. The van der Waals surface area contributed by atoms with Gasteiger partial charge < -0.3 is 14.9 Å². The van der Waals surface area contributed by atoms with Crippen LogP contribution in [0.1, 0.15) is 36.2 Å². The molecule has 0 aromatic heterocycles. The summed E-state index contributed by atoms with van der Waals surface area (Å²) in [6.07, 6.45) is 1.26. The molecule has 0 heterocycles. The van der Waals surface area contributed by atoms with E-state index in [-0.39, 0.29) is 17.1 Å². The van der Waals surface area contributed by atoms with Crippen LogP contribution in [0.4, 0.5) is 0 Å². The van der Waals surface area contributed by atoms with E-state index in [0.717, 1.165) is 6.42 Å². The average Bonchev–Trinajstić information content (AvgIpc) is 2.29. The Kier molecular flexibility index (Phi) is 4.71. The fraction of sp³-hybridized carbons (Fsp3) is 0.385. The zero-order valence-electron chi connectivity index (χ0n) is 10.4. The number of aliphatic carboxylic acids is 1. The molecule has 98 valence electrons. The fourth-order valence-corrected chi connectivity index (χ4v) is 1.67. The largest absolute Gasteiger partial charge is 0.507 e. The van der Waals surface area contributed by atoms with Gasteiger partial charge in [-0.25, -0.2) is 4.79 Å². The van der Waals surface area contributed by atoms with Crippen LogP contribution in [-0.2, 0) is 11.2 Å². The number of ether oxygens (including phenoxy) is 1. The summed E-state index contributed by atoms with van der Waals surface area (Å²) in [6, 6.07) is 2.96. The number of hydrogen-bond donors (Lipinski definition) is 2. The number of carbonyl (C=O) groups is 2. The molecule has 18 heavy (non-hydrogen) atoms. The normalized spacial score (nSPS) is 10.1. The number of carbonyl (C=O) groups excluding carboxylic acids is 1. The number of carboxylic acids is 1. The van der Waals surface area contributed by atoms with Crippen molar-refractivity contribution in [2.45, 2.75) is 26.7 Å². The van der Waals surface area contributed by atoms with E-state index in [0.29, 0.717) is 17.7 Å². The predicted octanol–water partition coefficient (Wildman–Crippen LogP) is 2.01. The number of phenols is 1. The number of benzene rings is 1. The number of carboxylic acid groups (broad SMARTS) is 1. The highest BCUT2D eigenvalue weighted by atomic mass is 16.5. The molecule has 0 fully saturated rings. The first-order chi connectivity index (χ1) is 8.47. The van der Waals surface area contributed by atoms with Crippen molar-refractivity contribution >= 4 is 11.8 Å². The molecule has 0 radical (unpaired) electrons. The van der Waals surface area contributed by atoms with E-state index in [1.54, 1.807) is 0 Å². The predicted molar refractivity (Wildman–Crippen MR) is 65.2 cm³/mol. The van der Waals surface area contributed by atoms with Gasteiger partial charge in [-0.05, 0) is 25.5 Å². The first-order valence-corrected chi connectivity index (χ1v) is 5.67. The van der Waals surface area contributed by atoms with Gasteiger partial charge in [0.15, 0.2) is 12.4 Å². The van der Waals surface area contributed by atoms with Crippen molar-refractivity contribution in [2.24, 2.45) is 0 Å². The molecule has 0 unspecified atom stereocenters. The number of rotatable bonds is 6. The second-order valence-electron chi connectivity index (χ2n) is 3.93. The Morgan fingerprint density at radius 1 is 1.33 bits per heavy atom. The Balaban J connectivity index is 3.14. The van der Waals surface area contributed by atoms with Crippen molar-refractivity contribution in [3.8, 4) is 11.5 Å². The highest BCUT2D eigenvalue weighted by Crippen LogP contribution is 2.32. The van der Waals surface area contributed by atoms with Crippen LogP contribution in [-0.4, -0.2) is 28.6 Å². The maximum atomic E-state index is 11.3. The third-order valence-corrected chi connectivity index (χ3v) is 2.47. The lowest BCUT2D eigenvalue weighted by molar-refractivity contribution is -0.139. The van der Waals surface area contributed by atoms with Crippen molar-refractivity contribution in [3.05, 3.63) is 23.3 Å². The van der Waals surface area contributed by atoms with Gasteiger partial charge in [-0.3, -0.25) is 4.79 Å². The molecule has 0 amide bonds. The van der Waals surface area contributed by atoms with Crippen molar-refractivity contribution in [1.82, 2.24) is 0 Å². The lowest BCUT2D eigenvalue weighted by Crippen LogP contribution is -2.11. The molecule has 1 aromatic rings. The molecule has 0 aliphatic carbocycles. The van der Waals surface area contributed by atoms with Crippen LogP contribution in [0.25, 0.3) is 0 Å². The summed E-state index contributed by atoms with van der Waals surface area (Å²) < 4.78 is 5.10. The number of Topliss-reactive ketones (excluding diaryl/α,β-unsaturated/α-hetero) is 1. The molecule has 0 aliphatic rings. The van der Waals surface area contributed by atoms with Crippen LogP contribution in [0.15, 0.2) is 12.1 Å². The summed E-state index contributed by atoms with van der Waals surface area (Å²) in [5.74, 6) is -1.14. The maximum Gasteiger partial charge on any atom is 0.341 e. The fourth-order valence-electron chi connectivity index (χ4n) is 1.67. The summed E-state index contributed by atoms with van der Waals surface area (Å²) in [5.41, 5.74) is 0.701.